The van der Waals surface area contributed by atoms with Gasteiger partial charge in [-0.2, -0.15) is 5.26 Å². The molecule has 25 heavy (non-hydrogen) atoms. The molecule has 2 aromatic rings. The van der Waals surface area contributed by atoms with E-state index in [9.17, 15) is 19.7 Å². The summed E-state index contributed by atoms with van der Waals surface area (Å²) in [5.41, 5.74) is 1.06. The molecule has 0 bridgehead atoms. The number of furan rings is 1. The molecule has 3 rings (SSSR count). The van der Waals surface area contributed by atoms with E-state index in [1.807, 2.05) is 6.07 Å². The third-order valence-corrected chi connectivity index (χ3v) is 3.80. The van der Waals surface area contributed by atoms with Crippen LogP contribution in [0, 0.1) is 27.4 Å². The highest BCUT2D eigenvalue weighted by Crippen LogP contribution is 2.23. The first-order chi connectivity index (χ1) is 12.0. The Balaban J connectivity index is 1.54. The van der Waals surface area contributed by atoms with Gasteiger partial charge in [0.15, 0.2) is 5.76 Å². The van der Waals surface area contributed by atoms with Crippen LogP contribution < -0.4 is 5.32 Å². The van der Waals surface area contributed by atoms with Gasteiger partial charge in [0, 0.05) is 18.8 Å². The van der Waals surface area contributed by atoms with E-state index < -0.39 is 16.7 Å². The number of nitro groups is 1. The fourth-order valence-corrected chi connectivity index (χ4v) is 2.38. The quantitative estimate of drug-likeness (QED) is 0.667. The lowest BCUT2D eigenvalue weighted by Crippen LogP contribution is -2.54. The molecule has 1 saturated heterocycles. The Bertz CT molecular complexity index is 875. The summed E-state index contributed by atoms with van der Waals surface area (Å²) in [4.78, 5) is 35.4. The molecule has 2 amide bonds. The number of nitriles is 1. The predicted molar refractivity (Wildman–Crippen MR) is 84.5 cm³/mol. The number of nitrogens with zero attached hydrogens (tertiary/aromatic N) is 3. The molecule has 9 heteroatoms. The van der Waals surface area contributed by atoms with Crippen LogP contribution in [0.1, 0.15) is 16.1 Å². The van der Waals surface area contributed by atoms with Gasteiger partial charge in [0.1, 0.15) is 4.92 Å². The molecule has 1 aliphatic heterocycles. The van der Waals surface area contributed by atoms with Gasteiger partial charge in [0.25, 0.3) is 5.91 Å². The minimum absolute atomic E-state index is 0.127. The summed E-state index contributed by atoms with van der Waals surface area (Å²) in [6.45, 7) is 0.408. The average Bonchev–Trinajstić information content (AvgIpc) is 3.04. The summed E-state index contributed by atoms with van der Waals surface area (Å²) >= 11 is 0. The number of hydrogen-bond donors (Lipinski definition) is 1. The average molecular weight is 340 g/mol. The maximum Gasteiger partial charge on any atom is 0.433 e. The molecule has 1 fully saturated rings. The number of nitrogens with one attached hydrogen (secondary N) is 1. The van der Waals surface area contributed by atoms with Crippen molar-refractivity contribution >= 4 is 23.4 Å². The van der Waals surface area contributed by atoms with Crippen molar-refractivity contribution in [2.75, 3.05) is 18.4 Å². The predicted octanol–water partition coefficient (Wildman–Crippen LogP) is 1.77. The van der Waals surface area contributed by atoms with Crippen molar-refractivity contribution in [1.29, 1.82) is 5.26 Å². The van der Waals surface area contributed by atoms with E-state index in [0.29, 0.717) is 11.3 Å². The Morgan fingerprint density at radius 1 is 1.24 bits per heavy atom. The second-order valence-electron chi connectivity index (χ2n) is 5.48. The zero-order chi connectivity index (χ0) is 18.0. The van der Waals surface area contributed by atoms with Crippen molar-refractivity contribution in [2.45, 2.75) is 0 Å². The summed E-state index contributed by atoms with van der Waals surface area (Å²) in [5.74, 6) is -1.73. The van der Waals surface area contributed by atoms with Gasteiger partial charge < -0.3 is 14.6 Å². The van der Waals surface area contributed by atoms with Crippen LogP contribution in [0.2, 0.25) is 0 Å². The van der Waals surface area contributed by atoms with Gasteiger partial charge in [0.2, 0.25) is 5.91 Å². The Morgan fingerprint density at radius 2 is 1.92 bits per heavy atom. The maximum absolute atomic E-state index is 12.1. The van der Waals surface area contributed by atoms with Crippen LogP contribution in [0.3, 0.4) is 0 Å². The van der Waals surface area contributed by atoms with E-state index in [0.717, 1.165) is 6.07 Å². The Labute approximate surface area is 141 Å². The molecule has 126 valence electrons. The number of rotatable bonds is 4. The van der Waals surface area contributed by atoms with Gasteiger partial charge in [-0.15, -0.1) is 0 Å². The molecule has 0 aliphatic carbocycles. The molecule has 0 radical (unpaired) electrons. The fraction of sp³-hybridized carbons (Fsp3) is 0.188. The lowest BCUT2D eigenvalue weighted by Gasteiger charge is -2.37. The van der Waals surface area contributed by atoms with Crippen molar-refractivity contribution in [2.24, 2.45) is 5.92 Å². The number of anilines is 1. The highest BCUT2D eigenvalue weighted by atomic mass is 16.6. The SMILES string of the molecule is N#Cc1ccc(NC(=O)C2CN(C(=O)c3ccc([N+](=O)[O-])o3)C2)cc1. The van der Waals surface area contributed by atoms with Crippen LogP contribution in [0.15, 0.2) is 40.8 Å². The Hall–Kier alpha value is -3.67. The minimum atomic E-state index is -0.722. The molecule has 1 aromatic heterocycles. The monoisotopic (exact) mass is 340 g/mol. The van der Waals surface area contributed by atoms with Crippen LogP contribution in [-0.2, 0) is 4.79 Å². The number of amides is 2. The first-order valence-electron chi connectivity index (χ1n) is 7.32. The first-order valence-corrected chi connectivity index (χ1v) is 7.32. The smallest absolute Gasteiger partial charge is 0.395 e. The van der Waals surface area contributed by atoms with Gasteiger partial charge in [-0.05, 0) is 30.3 Å². The van der Waals surface area contributed by atoms with E-state index in [1.165, 1.54) is 11.0 Å². The van der Waals surface area contributed by atoms with Crippen molar-refractivity contribution < 1.29 is 18.9 Å². The topological polar surface area (TPSA) is 129 Å². The molecule has 1 aromatic carbocycles. The molecule has 9 nitrogen and oxygen atoms in total. The second-order valence-corrected chi connectivity index (χ2v) is 5.48. The second kappa shape index (κ2) is 6.45. The number of hydrogen-bond acceptors (Lipinski definition) is 6. The van der Waals surface area contributed by atoms with Crippen LogP contribution >= 0.6 is 0 Å². The number of benzene rings is 1. The summed E-state index contributed by atoms with van der Waals surface area (Å²) in [7, 11) is 0. The first kappa shape index (κ1) is 16.2. The molecule has 0 spiro atoms. The lowest BCUT2D eigenvalue weighted by atomic mass is 9.98. The highest BCUT2D eigenvalue weighted by Gasteiger charge is 2.37. The van der Waals surface area contributed by atoms with E-state index >= 15 is 0 Å². The molecule has 0 saturated carbocycles. The van der Waals surface area contributed by atoms with Crippen LogP contribution in [0.5, 0.6) is 0 Å². The van der Waals surface area contributed by atoms with E-state index in [-0.39, 0.29) is 30.7 Å². The fourth-order valence-electron chi connectivity index (χ4n) is 2.38. The molecule has 1 N–H and O–H groups in total. The number of likely N-dealkylation sites (tertiary alicyclic amines) is 1. The standard InChI is InChI=1S/C16H12N4O5/c17-7-10-1-3-12(4-2-10)18-15(21)11-8-19(9-11)16(22)13-5-6-14(25-13)20(23)24/h1-6,11H,8-9H2,(H,18,21). The Kier molecular flexibility index (Phi) is 4.18. The number of carbonyl (C=O) groups excluding carboxylic acids is 2. The van der Waals surface area contributed by atoms with Crippen LogP contribution in [-0.4, -0.2) is 34.7 Å². The minimum Gasteiger partial charge on any atom is -0.395 e. The van der Waals surface area contributed by atoms with E-state index in [1.54, 1.807) is 24.3 Å². The maximum atomic E-state index is 12.1. The summed E-state index contributed by atoms with van der Waals surface area (Å²) in [6.07, 6.45) is 0. The molecule has 0 atom stereocenters. The molecular formula is C16H12N4O5. The third-order valence-electron chi connectivity index (χ3n) is 3.80. The summed E-state index contributed by atoms with van der Waals surface area (Å²) in [5, 5.41) is 22.0. The van der Waals surface area contributed by atoms with Crippen LogP contribution in [0.25, 0.3) is 0 Å². The van der Waals surface area contributed by atoms with Gasteiger partial charge >= 0.3 is 5.88 Å². The largest absolute Gasteiger partial charge is 0.433 e. The van der Waals surface area contributed by atoms with Gasteiger partial charge in [-0.25, -0.2) is 0 Å². The third kappa shape index (κ3) is 3.32. The normalized spacial score (nSPS) is 13.6. The number of carbonyl (C=O) groups is 2. The van der Waals surface area contributed by atoms with Gasteiger partial charge in [-0.3, -0.25) is 19.7 Å². The molecule has 2 heterocycles. The lowest BCUT2D eigenvalue weighted by molar-refractivity contribution is -0.402. The van der Waals surface area contributed by atoms with Crippen molar-refractivity contribution in [3.63, 3.8) is 0 Å². The highest BCUT2D eigenvalue weighted by molar-refractivity contribution is 5.97. The van der Waals surface area contributed by atoms with Gasteiger partial charge in [-0.1, -0.05) is 0 Å². The summed E-state index contributed by atoms with van der Waals surface area (Å²) in [6, 6.07) is 10.8. The van der Waals surface area contributed by atoms with Gasteiger partial charge in [0.05, 0.1) is 23.6 Å². The molecule has 1 aliphatic rings. The van der Waals surface area contributed by atoms with Crippen molar-refractivity contribution in [1.82, 2.24) is 4.90 Å². The molecular weight excluding hydrogens is 328 g/mol. The van der Waals surface area contributed by atoms with E-state index in [4.69, 9.17) is 9.68 Å². The zero-order valence-corrected chi connectivity index (χ0v) is 12.8. The summed E-state index contributed by atoms with van der Waals surface area (Å²) < 4.78 is 4.86. The van der Waals surface area contributed by atoms with E-state index in [2.05, 4.69) is 5.32 Å². The van der Waals surface area contributed by atoms with Crippen molar-refractivity contribution in [3.8, 4) is 6.07 Å². The zero-order valence-electron chi connectivity index (χ0n) is 12.8. The van der Waals surface area contributed by atoms with Crippen molar-refractivity contribution in [3.05, 3.63) is 57.8 Å². The Morgan fingerprint density at radius 3 is 2.48 bits per heavy atom. The van der Waals surface area contributed by atoms with Crippen LogP contribution in [0.4, 0.5) is 11.6 Å². The molecule has 0 unspecified atom stereocenters.